The van der Waals surface area contributed by atoms with Crippen LogP contribution in [0.5, 0.6) is 0 Å². The maximum absolute atomic E-state index is 12.0. The van der Waals surface area contributed by atoms with Crippen LogP contribution in [-0.4, -0.2) is 46.8 Å². The van der Waals surface area contributed by atoms with Crippen molar-refractivity contribution in [3.8, 4) is 0 Å². The predicted octanol–water partition coefficient (Wildman–Crippen LogP) is 1.72. The number of hydrogen-bond acceptors (Lipinski definition) is 6. The lowest BCUT2D eigenvalue weighted by Gasteiger charge is -2.33. The Kier molecular flexibility index (Phi) is 5.55. The summed E-state index contributed by atoms with van der Waals surface area (Å²) in [6.07, 6.45) is 5.25. The zero-order valence-electron chi connectivity index (χ0n) is 13.2. The second kappa shape index (κ2) is 8.03. The SMILES string of the molecule is O=C(CN[C@@H]1CCCN(c2cccnn2)C1)Nc1ccc(Cl)cn1. The summed E-state index contributed by atoms with van der Waals surface area (Å²) in [4.78, 5) is 18.2. The Bertz CT molecular complexity index is 666. The largest absolute Gasteiger partial charge is 0.354 e. The number of pyridine rings is 1. The summed E-state index contributed by atoms with van der Waals surface area (Å²) < 4.78 is 0. The highest BCUT2D eigenvalue weighted by Gasteiger charge is 2.21. The van der Waals surface area contributed by atoms with E-state index in [0.29, 0.717) is 10.8 Å². The van der Waals surface area contributed by atoms with Crippen molar-refractivity contribution in [1.29, 1.82) is 0 Å². The number of aromatic nitrogens is 3. The van der Waals surface area contributed by atoms with Gasteiger partial charge in [-0.25, -0.2) is 4.98 Å². The normalized spacial score (nSPS) is 17.5. The highest BCUT2D eigenvalue weighted by atomic mass is 35.5. The first-order chi connectivity index (χ1) is 11.7. The minimum Gasteiger partial charge on any atom is -0.354 e. The van der Waals surface area contributed by atoms with E-state index in [9.17, 15) is 4.79 Å². The van der Waals surface area contributed by atoms with Crippen LogP contribution in [0.1, 0.15) is 12.8 Å². The van der Waals surface area contributed by atoms with Crippen LogP contribution in [0.2, 0.25) is 5.02 Å². The number of rotatable bonds is 5. The minimum absolute atomic E-state index is 0.124. The molecule has 0 radical (unpaired) electrons. The molecule has 24 heavy (non-hydrogen) atoms. The second-order valence-electron chi connectivity index (χ2n) is 5.66. The summed E-state index contributed by atoms with van der Waals surface area (Å²) in [6.45, 7) is 2.01. The molecule has 2 aromatic rings. The molecule has 0 saturated carbocycles. The number of piperidine rings is 1. The molecule has 1 atom stereocenters. The van der Waals surface area contributed by atoms with Crippen LogP contribution < -0.4 is 15.5 Å². The highest BCUT2D eigenvalue weighted by Crippen LogP contribution is 2.16. The van der Waals surface area contributed by atoms with Crippen LogP contribution in [0.3, 0.4) is 0 Å². The number of nitrogens with zero attached hydrogens (tertiary/aromatic N) is 4. The van der Waals surface area contributed by atoms with E-state index in [4.69, 9.17) is 11.6 Å². The molecule has 3 heterocycles. The van der Waals surface area contributed by atoms with Crippen molar-refractivity contribution in [3.05, 3.63) is 41.7 Å². The first-order valence-electron chi connectivity index (χ1n) is 7.88. The first-order valence-corrected chi connectivity index (χ1v) is 8.26. The topological polar surface area (TPSA) is 83.0 Å². The number of nitrogens with one attached hydrogen (secondary N) is 2. The summed E-state index contributed by atoms with van der Waals surface area (Å²) >= 11 is 5.77. The monoisotopic (exact) mass is 346 g/mol. The van der Waals surface area contributed by atoms with Crippen LogP contribution in [0, 0.1) is 0 Å². The van der Waals surface area contributed by atoms with Gasteiger partial charge in [0.1, 0.15) is 5.82 Å². The average Bonchev–Trinajstić information content (AvgIpc) is 2.63. The molecule has 2 N–H and O–H groups in total. The summed E-state index contributed by atoms with van der Waals surface area (Å²) in [7, 11) is 0. The second-order valence-corrected chi connectivity index (χ2v) is 6.09. The van der Waals surface area contributed by atoms with Crippen LogP contribution in [0.25, 0.3) is 0 Å². The van der Waals surface area contributed by atoms with E-state index in [0.717, 1.165) is 31.7 Å². The van der Waals surface area contributed by atoms with Crippen molar-refractivity contribution in [2.24, 2.45) is 0 Å². The minimum atomic E-state index is -0.124. The molecule has 1 amide bonds. The lowest BCUT2D eigenvalue weighted by atomic mass is 10.1. The van der Waals surface area contributed by atoms with E-state index in [2.05, 4.69) is 30.7 Å². The molecular weight excluding hydrogens is 328 g/mol. The van der Waals surface area contributed by atoms with Crippen molar-refractivity contribution >= 4 is 29.1 Å². The van der Waals surface area contributed by atoms with Gasteiger partial charge in [0.2, 0.25) is 5.91 Å². The molecular formula is C16H19ClN6O. The fourth-order valence-corrected chi connectivity index (χ4v) is 2.80. The van der Waals surface area contributed by atoms with Gasteiger partial charge in [-0.15, -0.1) is 5.10 Å². The number of carbonyl (C=O) groups excluding carboxylic acids is 1. The smallest absolute Gasteiger partial charge is 0.239 e. The zero-order chi connectivity index (χ0) is 16.8. The van der Waals surface area contributed by atoms with Crippen LogP contribution in [0.15, 0.2) is 36.7 Å². The Morgan fingerprint density at radius 2 is 2.29 bits per heavy atom. The molecule has 0 bridgehead atoms. The Labute approximate surface area is 145 Å². The van der Waals surface area contributed by atoms with Gasteiger partial charge in [0.15, 0.2) is 5.82 Å². The molecule has 1 saturated heterocycles. The van der Waals surface area contributed by atoms with E-state index in [1.807, 2.05) is 12.1 Å². The number of carbonyl (C=O) groups is 1. The highest BCUT2D eigenvalue weighted by molar-refractivity contribution is 6.30. The molecule has 0 aromatic carbocycles. The third-order valence-corrected chi connectivity index (χ3v) is 4.07. The lowest BCUT2D eigenvalue weighted by Crippen LogP contribution is -2.48. The molecule has 2 aromatic heterocycles. The standard InChI is InChI=1S/C16H19ClN6O/c17-12-5-6-14(19-9-12)21-16(24)10-18-13-3-2-8-23(11-13)15-4-1-7-20-22-15/h1,4-7,9,13,18H,2-3,8,10-11H2,(H,19,21,24)/t13-/m1/s1. The van der Waals surface area contributed by atoms with E-state index < -0.39 is 0 Å². The Hall–Kier alpha value is -2.25. The molecule has 1 aliphatic rings. The maximum Gasteiger partial charge on any atom is 0.239 e. The fraction of sp³-hybridized carbons (Fsp3) is 0.375. The van der Waals surface area contributed by atoms with Gasteiger partial charge in [-0.2, -0.15) is 5.10 Å². The molecule has 1 aliphatic heterocycles. The van der Waals surface area contributed by atoms with Crippen molar-refractivity contribution in [2.45, 2.75) is 18.9 Å². The van der Waals surface area contributed by atoms with Gasteiger partial charge in [-0.3, -0.25) is 4.79 Å². The number of hydrogen-bond donors (Lipinski definition) is 2. The Morgan fingerprint density at radius 3 is 3.04 bits per heavy atom. The number of anilines is 2. The lowest BCUT2D eigenvalue weighted by molar-refractivity contribution is -0.115. The van der Waals surface area contributed by atoms with Crippen molar-refractivity contribution in [3.63, 3.8) is 0 Å². The summed E-state index contributed by atoms with van der Waals surface area (Å²) in [5, 5.41) is 14.6. The fourth-order valence-electron chi connectivity index (χ4n) is 2.69. The summed E-state index contributed by atoms with van der Waals surface area (Å²) in [6, 6.07) is 7.44. The van der Waals surface area contributed by atoms with Gasteiger partial charge in [0, 0.05) is 31.5 Å². The molecule has 1 fully saturated rings. The van der Waals surface area contributed by atoms with Crippen molar-refractivity contribution < 1.29 is 4.79 Å². The first kappa shape index (κ1) is 16.6. The van der Waals surface area contributed by atoms with Gasteiger partial charge in [0.05, 0.1) is 11.6 Å². The summed E-state index contributed by atoms with van der Waals surface area (Å²) in [5.74, 6) is 1.25. The third kappa shape index (κ3) is 4.62. The predicted molar refractivity (Wildman–Crippen MR) is 93.1 cm³/mol. The molecule has 3 rings (SSSR count). The van der Waals surface area contributed by atoms with Crippen LogP contribution in [0.4, 0.5) is 11.6 Å². The van der Waals surface area contributed by atoms with Gasteiger partial charge in [-0.1, -0.05) is 11.6 Å². The van der Waals surface area contributed by atoms with Gasteiger partial charge >= 0.3 is 0 Å². The Morgan fingerprint density at radius 1 is 1.38 bits per heavy atom. The quantitative estimate of drug-likeness (QED) is 0.857. The maximum atomic E-state index is 12.0. The Balaban J connectivity index is 1.47. The molecule has 0 unspecified atom stereocenters. The van der Waals surface area contributed by atoms with E-state index >= 15 is 0 Å². The molecule has 126 valence electrons. The van der Waals surface area contributed by atoms with Gasteiger partial charge in [-0.05, 0) is 37.1 Å². The van der Waals surface area contributed by atoms with Crippen molar-refractivity contribution in [2.75, 3.05) is 29.9 Å². The molecule has 7 nitrogen and oxygen atoms in total. The zero-order valence-corrected chi connectivity index (χ0v) is 13.9. The number of halogens is 1. The van der Waals surface area contributed by atoms with Crippen LogP contribution >= 0.6 is 11.6 Å². The molecule has 0 aliphatic carbocycles. The average molecular weight is 347 g/mol. The van der Waals surface area contributed by atoms with Gasteiger partial charge < -0.3 is 15.5 Å². The molecule has 0 spiro atoms. The van der Waals surface area contributed by atoms with E-state index in [1.165, 1.54) is 6.20 Å². The van der Waals surface area contributed by atoms with E-state index in [1.54, 1.807) is 18.3 Å². The van der Waals surface area contributed by atoms with Gasteiger partial charge in [0.25, 0.3) is 0 Å². The van der Waals surface area contributed by atoms with Crippen molar-refractivity contribution in [1.82, 2.24) is 20.5 Å². The number of amides is 1. The van der Waals surface area contributed by atoms with E-state index in [-0.39, 0.29) is 18.5 Å². The molecule has 8 heteroatoms. The van der Waals surface area contributed by atoms with Crippen LogP contribution in [-0.2, 0) is 4.79 Å². The summed E-state index contributed by atoms with van der Waals surface area (Å²) in [5.41, 5.74) is 0. The third-order valence-electron chi connectivity index (χ3n) is 3.85.